The first kappa shape index (κ1) is 14.7. The Morgan fingerprint density at radius 2 is 2.00 bits per heavy atom. The summed E-state index contributed by atoms with van der Waals surface area (Å²) in [7, 11) is 0. The molecule has 2 nitrogen and oxygen atoms in total. The van der Waals surface area contributed by atoms with Gasteiger partial charge in [-0.1, -0.05) is 27.7 Å². The van der Waals surface area contributed by atoms with Gasteiger partial charge in [-0.2, -0.15) is 0 Å². The largest absolute Gasteiger partial charge is 0.394 e. The zero-order valence-corrected chi connectivity index (χ0v) is 12.4. The van der Waals surface area contributed by atoms with Crippen molar-refractivity contribution in [3.05, 3.63) is 21.9 Å². The molecular formula is C14H25NOS. The second-order valence-corrected chi connectivity index (χ2v) is 6.78. The molecule has 0 aromatic carbocycles. The number of hydrogen-bond donors (Lipinski definition) is 2. The van der Waals surface area contributed by atoms with Crippen molar-refractivity contribution in [2.45, 2.75) is 58.5 Å². The monoisotopic (exact) mass is 255 g/mol. The van der Waals surface area contributed by atoms with Gasteiger partial charge in [-0.25, -0.2) is 0 Å². The summed E-state index contributed by atoms with van der Waals surface area (Å²) in [6.45, 7) is 11.1. The Morgan fingerprint density at radius 3 is 2.41 bits per heavy atom. The fourth-order valence-electron chi connectivity index (χ4n) is 1.63. The molecule has 3 heteroatoms. The van der Waals surface area contributed by atoms with Crippen LogP contribution in [0.2, 0.25) is 0 Å². The zero-order valence-electron chi connectivity index (χ0n) is 11.6. The lowest BCUT2D eigenvalue weighted by Gasteiger charge is -2.20. The van der Waals surface area contributed by atoms with Gasteiger partial charge in [0.15, 0.2) is 0 Å². The molecule has 0 fully saturated rings. The molecule has 1 aromatic heterocycles. The standard InChI is InChI=1S/C14H25NOS/c1-6-10(2)15-11(9-16)12-7-8-13(17-12)14(3,4)5/h7-8,10-11,15-16H,6,9H2,1-5H3. The minimum Gasteiger partial charge on any atom is -0.394 e. The van der Waals surface area contributed by atoms with Crippen molar-refractivity contribution in [1.82, 2.24) is 5.32 Å². The maximum absolute atomic E-state index is 9.48. The lowest BCUT2D eigenvalue weighted by atomic mass is 9.95. The van der Waals surface area contributed by atoms with Crippen LogP contribution in [-0.2, 0) is 5.41 Å². The van der Waals surface area contributed by atoms with Gasteiger partial charge in [0.2, 0.25) is 0 Å². The topological polar surface area (TPSA) is 32.3 Å². The third-order valence-electron chi connectivity index (χ3n) is 2.99. The van der Waals surface area contributed by atoms with Crippen LogP contribution < -0.4 is 5.32 Å². The van der Waals surface area contributed by atoms with Crippen LogP contribution in [0.5, 0.6) is 0 Å². The molecule has 98 valence electrons. The minimum atomic E-state index is 0.0750. The van der Waals surface area contributed by atoms with Gasteiger partial charge in [0.05, 0.1) is 12.6 Å². The Hall–Kier alpha value is -0.380. The first-order valence-corrected chi connectivity index (χ1v) is 7.17. The molecular weight excluding hydrogens is 230 g/mol. The number of hydrogen-bond acceptors (Lipinski definition) is 3. The van der Waals surface area contributed by atoms with Gasteiger partial charge in [0.25, 0.3) is 0 Å². The van der Waals surface area contributed by atoms with Crippen molar-refractivity contribution >= 4 is 11.3 Å². The van der Waals surface area contributed by atoms with Crippen molar-refractivity contribution in [3.63, 3.8) is 0 Å². The van der Waals surface area contributed by atoms with Crippen LogP contribution in [0.1, 0.15) is 56.8 Å². The number of thiophene rings is 1. The van der Waals surface area contributed by atoms with Crippen LogP contribution in [0.25, 0.3) is 0 Å². The Bertz CT molecular complexity index is 340. The SMILES string of the molecule is CCC(C)NC(CO)c1ccc(C(C)(C)C)s1. The van der Waals surface area contributed by atoms with E-state index in [0.717, 1.165) is 6.42 Å². The number of aliphatic hydroxyl groups excluding tert-OH is 1. The third-order valence-corrected chi connectivity index (χ3v) is 4.61. The lowest BCUT2D eigenvalue weighted by molar-refractivity contribution is 0.236. The normalized spacial score (nSPS) is 15.9. The van der Waals surface area contributed by atoms with Crippen LogP contribution in [0, 0.1) is 0 Å². The number of aliphatic hydroxyl groups is 1. The molecule has 1 heterocycles. The van der Waals surface area contributed by atoms with Gasteiger partial charge < -0.3 is 10.4 Å². The highest BCUT2D eigenvalue weighted by Crippen LogP contribution is 2.32. The van der Waals surface area contributed by atoms with Gasteiger partial charge in [0, 0.05) is 15.8 Å². The number of nitrogens with one attached hydrogen (secondary N) is 1. The van der Waals surface area contributed by atoms with Gasteiger partial charge in [-0.05, 0) is 30.9 Å². The van der Waals surface area contributed by atoms with E-state index in [1.165, 1.54) is 9.75 Å². The summed E-state index contributed by atoms with van der Waals surface area (Å²) in [5.74, 6) is 0. The van der Waals surface area contributed by atoms with Crippen LogP contribution in [0.15, 0.2) is 12.1 Å². The van der Waals surface area contributed by atoms with E-state index in [0.29, 0.717) is 6.04 Å². The minimum absolute atomic E-state index is 0.0750. The summed E-state index contributed by atoms with van der Waals surface area (Å²) in [5.41, 5.74) is 0.194. The number of rotatable bonds is 5. The molecule has 0 radical (unpaired) electrons. The zero-order chi connectivity index (χ0) is 13.1. The molecule has 17 heavy (non-hydrogen) atoms. The molecule has 1 aromatic rings. The van der Waals surface area contributed by atoms with Crippen LogP contribution in [0.3, 0.4) is 0 Å². The summed E-state index contributed by atoms with van der Waals surface area (Å²) < 4.78 is 0. The second kappa shape index (κ2) is 5.98. The van der Waals surface area contributed by atoms with Crippen molar-refractivity contribution in [3.8, 4) is 0 Å². The molecule has 2 unspecified atom stereocenters. The Kier molecular flexibility index (Phi) is 5.17. The van der Waals surface area contributed by atoms with Crippen molar-refractivity contribution in [2.75, 3.05) is 6.61 Å². The molecule has 2 N–H and O–H groups in total. The molecule has 0 aliphatic heterocycles. The lowest BCUT2D eigenvalue weighted by Crippen LogP contribution is -2.31. The summed E-state index contributed by atoms with van der Waals surface area (Å²) in [6.07, 6.45) is 1.08. The molecule has 1 rings (SSSR count). The highest BCUT2D eigenvalue weighted by Gasteiger charge is 2.20. The molecule has 0 aliphatic carbocycles. The fourth-order valence-corrected chi connectivity index (χ4v) is 2.75. The van der Waals surface area contributed by atoms with E-state index in [1.807, 2.05) is 0 Å². The summed E-state index contributed by atoms with van der Waals surface area (Å²) in [4.78, 5) is 2.61. The maximum atomic E-state index is 9.48. The first-order valence-electron chi connectivity index (χ1n) is 6.35. The predicted molar refractivity (Wildman–Crippen MR) is 75.7 cm³/mol. The fraction of sp³-hybridized carbons (Fsp3) is 0.714. The van der Waals surface area contributed by atoms with Crippen LogP contribution in [-0.4, -0.2) is 17.8 Å². The maximum Gasteiger partial charge on any atom is 0.0651 e. The molecule has 0 amide bonds. The van der Waals surface area contributed by atoms with E-state index >= 15 is 0 Å². The van der Waals surface area contributed by atoms with E-state index < -0.39 is 0 Å². The van der Waals surface area contributed by atoms with E-state index in [-0.39, 0.29) is 18.1 Å². The molecule has 0 bridgehead atoms. The van der Waals surface area contributed by atoms with Crippen molar-refractivity contribution in [2.24, 2.45) is 0 Å². The van der Waals surface area contributed by atoms with Gasteiger partial charge in [-0.15, -0.1) is 11.3 Å². The average molecular weight is 255 g/mol. The summed E-state index contributed by atoms with van der Waals surface area (Å²) in [6, 6.07) is 4.83. The average Bonchev–Trinajstić information content (AvgIpc) is 2.74. The quantitative estimate of drug-likeness (QED) is 0.844. The predicted octanol–water partition coefficient (Wildman–Crippen LogP) is 3.47. The third kappa shape index (κ3) is 4.09. The van der Waals surface area contributed by atoms with Crippen molar-refractivity contribution < 1.29 is 5.11 Å². The highest BCUT2D eigenvalue weighted by molar-refractivity contribution is 7.12. The summed E-state index contributed by atoms with van der Waals surface area (Å²) in [5, 5.41) is 12.9. The van der Waals surface area contributed by atoms with Gasteiger partial charge >= 0.3 is 0 Å². The van der Waals surface area contributed by atoms with E-state index in [2.05, 4.69) is 52.1 Å². The second-order valence-electron chi connectivity index (χ2n) is 5.66. The van der Waals surface area contributed by atoms with Crippen LogP contribution >= 0.6 is 11.3 Å². The Morgan fingerprint density at radius 1 is 1.35 bits per heavy atom. The molecule has 2 atom stereocenters. The van der Waals surface area contributed by atoms with Gasteiger partial charge in [-0.3, -0.25) is 0 Å². The van der Waals surface area contributed by atoms with E-state index in [1.54, 1.807) is 11.3 Å². The summed E-state index contributed by atoms with van der Waals surface area (Å²) >= 11 is 1.80. The smallest absolute Gasteiger partial charge is 0.0651 e. The molecule has 0 saturated carbocycles. The molecule has 0 spiro atoms. The Balaban J connectivity index is 2.79. The van der Waals surface area contributed by atoms with E-state index in [9.17, 15) is 5.11 Å². The molecule has 0 saturated heterocycles. The van der Waals surface area contributed by atoms with Crippen LogP contribution in [0.4, 0.5) is 0 Å². The van der Waals surface area contributed by atoms with E-state index in [4.69, 9.17) is 0 Å². The molecule has 0 aliphatic rings. The van der Waals surface area contributed by atoms with Crippen molar-refractivity contribution in [1.29, 1.82) is 0 Å². The first-order chi connectivity index (χ1) is 7.88. The highest BCUT2D eigenvalue weighted by atomic mass is 32.1. The van der Waals surface area contributed by atoms with Gasteiger partial charge in [0.1, 0.15) is 0 Å². The Labute approximate surface area is 109 Å².